The molecule has 0 aliphatic rings. The molecule has 2 atom stereocenters. The first-order valence-electron chi connectivity index (χ1n) is 11.5. The van der Waals surface area contributed by atoms with Crippen LogP contribution in [0.2, 0.25) is 0 Å². The lowest BCUT2D eigenvalue weighted by atomic mass is 9.87. The zero-order valence-electron chi connectivity index (χ0n) is 21.8. The molecule has 1 rings (SSSR count). The van der Waals surface area contributed by atoms with E-state index in [0.29, 0.717) is 39.9 Å². The van der Waals surface area contributed by atoms with E-state index in [1.807, 2.05) is 34.6 Å². The third-order valence-corrected chi connectivity index (χ3v) is 5.03. The molecule has 2 amide bonds. The number of carbonyl (C=O) groups is 2. The first-order valence-corrected chi connectivity index (χ1v) is 11.5. The molecule has 0 heterocycles. The van der Waals surface area contributed by atoms with Crippen LogP contribution in [-0.2, 0) is 6.42 Å². The number of amides is 2. The number of hydrogen-bond acceptors (Lipinski definition) is 7. The summed E-state index contributed by atoms with van der Waals surface area (Å²) in [6.07, 6.45) is -1.77. The average molecular weight is 472 g/mol. The zero-order valence-corrected chi connectivity index (χ0v) is 21.8. The summed E-state index contributed by atoms with van der Waals surface area (Å²) in [5, 5.41) is 37.4. The number of nitrogens with two attached hydrogens (primary N) is 1. The Morgan fingerprint density at radius 3 is 1.36 bits per heavy atom. The monoisotopic (exact) mass is 471 g/mol. The minimum absolute atomic E-state index is 0.0718. The molecular formula is C24H45N3O6. The summed E-state index contributed by atoms with van der Waals surface area (Å²) >= 11 is 0. The van der Waals surface area contributed by atoms with Crippen LogP contribution in [0.25, 0.3) is 0 Å². The van der Waals surface area contributed by atoms with E-state index in [0.717, 1.165) is 0 Å². The second-order valence-electron chi connectivity index (χ2n) is 7.29. The molecule has 0 saturated heterocycles. The van der Waals surface area contributed by atoms with E-state index in [1.165, 1.54) is 23.9 Å². The summed E-state index contributed by atoms with van der Waals surface area (Å²) in [6.45, 7) is 12.1. The van der Waals surface area contributed by atoms with Crippen LogP contribution in [0.15, 0.2) is 0 Å². The van der Waals surface area contributed by atoms with Gasteiger partial charge in [0.25, 0.3) is 11.8 Å². The van der Waals surface area contributed by atoms with Crippen molar-refractivity contribution >= 4 is 17.5 Å². The van der Waals surface area contributed by atoms with Crippen LogP contribution in [0.1, 0.15) is 72.0 Å². The Morgan fingerprint density at radius 1 is 0.818 bits per heavy atom. The fraction of sp³-hybridized carbons (Fsp3) is 0.667. The third kappa shape index (κ3) is 8.58. The number of benzene rings is 1. The van der Waals surface area contributed by atoms with Gasteiger partial charge in [0.2, 0.25) is 0 Å². The van der Waals surface area contributed by atoms with Crippen molar-refractivity contribution < 1.29 is 30.0 Å². The average Bonchev–Trinajstić information content (AvgIpc) is 2.83. The van der Waals surface area contributed by atoms with Gasteiger partial charge in [-0.1, -0.05) is 34.6 Å². The number of carbonyl (C=O) groups excluding carboxylic acids is 2. The maximum Gasteiger partial charge on any atom is 0.254 e. The van der Waals surface area contributed by atoms with Gasteiger partial charge in [0, 0.05) is 44.0 Å². The normalized spacial score (nSPS) is 11.9. The van der Waals surface area contributed by atoms with Gasteiger partial charge in [-0.2, -0.15) is 0 Å². The summed E-state index contributed by atoms with van der Waals surface area (Å²) in [4.78, 5) is 28.8. The number of hydrogen-bond donors (Lipinski definition) is 5. The van der Waals surface area contributed by atoms with E-state index in [2.05, 4.69) is 0 Å². The lowest BCUT2D eigenvalue weighted by Gasteiger charge is -2.27. The molecule has 192 valence electrons. The van der Waals surface area contributed by atoms with Crippen LogP contribution in [-0.4, -0.2) is 94.6 Å². The first-order chi connectivity index (χ1) is 15.5. The maximum atomic E-state index is 13.1. The van der Waals surface area contributed by atoms with E-state index in [-0.39, 0.29) is 13.1 Å². The number of likely N-dealkylation sites (N-methyl/N-ethyl adjacent to an activating group) is 2. The lowest BCUT2D eigenvalue weighted by molar-refractivity contribution is 0.0514. The molecule has 0 saturated carbocycles. The summed E-state index contributed by atoms with van der Waals surface area (Å²) in [5.74, 6) is -0.823. The van der Waals surface area contributed by atoms with Crippen LogP contribution in [0.5, 0.6) is 0 Å². The van der Waals surface area contributed by atoms with Crippen molar-refractivity contribution in [3.63, 3.8) is 0 Å². The Bertz CT molecular complexity index is 697. The van der Waals surface area contributed by atoms with Gasteiger partial charge in [-0.25, -0.2) is 0 Å². The smallest absolute Gasteiger partial charge is 0.254 e. The van der Waals surface area contributed by atoms with Crippen LogP contribution >= 0.6 is 0 Å². The van der Waals surface area contributed by atoms with Crippen molar-refractivity contribution in [3.8, 4) is 0 Å². The topological polar surface area (TPSA) is 148 Å². The molecule has 9 nitrogen and oxygen atoms in total. The van der Waals surface area contributed by atoms with Crippen molar-refractivity contribution in [2.24, 2.45) is 0 Å². The SMILES string of the molecule is CC.CC.CCc1c(C(=O)N(C)CC(O)CO)c(C)c(N)c(C)c1C(=O)N(C)CC(O)CO. The van der Waals surface area contributed by atoms with Crippen molar-refractivity contribution in [1.29, 1.82) is 0 Å². The molecule has 9 heteroatoms. The van der Waals surface area contributed by atoms with Gasteiger partial charge in [-0.05, 0) is 37.0 Å². The van der Waals surface area contributed by atoms with Crippen molar-refractivity contribution in [2.75, 3.05) is 46.1 Å². The third-order valence-electron chi connectivity index (χ3n) is 5.03. The molecule has 1 aromatic rings. The van der Waals surface area contributed by atoms with Crippen LogP contribution in [0.3, 0.4) is 0 Å². The molecular weight excluding hydrogens is 426 g/mol. The Hall–Kier alpha value is -2.20. The Kier molecular flexibility index (Phi) is 16.4. The molecule has 1 aromatic carbocycles. The van der Waals surface area contributed by atoms with Gasteiger partial charge in [0.15, 0.2) is 0 Å². The van der Waals surface area contributed by atoms with Gasteiger partial charge < -0.3 is 36.0 Å². The highest BCUT2D eigenvalue weighted by Crippen LogP contribution is 2.32. The number of nitrogen functional groups attached to an aromatic ring is 1. The molecule has 0 bridgehead atoms. The van der Waals surface area contributed by atoms with Crippen molar-refractivity contribution in [2.45, 2.75) is 67.1 Å². The van der Waals surface area contributed by atoms with Crippen molar-refractivity contribution in [1.82, 2.24) is 9.80 Å². The van der Waals surface area contributed by atoms with Crippen LogP contribution in [0.4, 0.5) is 5.69 Å². The maximum absolute atomic E-state index is 13.1. The quantitative estimate of drug-likeness (QED) is 0.341. The van der Waals surface area contributed by atoms with Gasteiger partial charge in [0.1, 0.15) is 0 Å². The fourth-order valence-electron chi connectivity index (χ4n) is 3.36. The van der Waals surface area contributed by atoms with E-state index in [9.17, 15) is 19.8 Å². The zero-order chi connectivity index (χ0) is 26.5. The predicted octanol–water partition coefficient (Wildman–Crippen LogP) is 1.35. The van der Waals surface area contributed by atoms with E-state index < -0.39 is 37.2 Å². The van der Waals surface area contributed by atoms with E-state index in [1.54, 1.807) is 13.8 Å². The number of nitrogens with zero attached hydrogens (tertiary/aromatic N) is 2. The highest BCUT2D eigenvalue weighted by molar-refractivity contribution is 6.06. The molecule has 0 aromatic heterocycles. The highest BCUT2D eigenvalue weighted by Gasteiger charge is 2.29. The number of anilines is 1. The number of aliphatic hydroxyl groups excluding tert-OH is 4. The predicted molar refractivity (Wildman–Crippen MR) is 133 cm³/mol. The Morgan fingerprint density at radius 2 is 1.12 bits per heavy atom. The van der Waals surface area contributed by atoms with E-state index in [4.69, 9.17) is 15.9 Å². The molecule has 0 fully saturated rings. The molecule has 0 aliphatic heterocycles. The van der Waals surface area contributed by atoms with Gasteiger partial charge >= 0.3 is 0 Å². The number of rotatable bonds is 9. The van der Waals surface area contributed by atoms with Gasteiger partial charge in [-0.15, -0.1) is 0 Å². The summed E-state index contributed by atoms with van der Waals surface area (Å²) in [6, 6.07) is 0. The fourth-order valence-corrected chi connectivity index (χ4v) is 3.36. The van der Waals surface area contributed by atoms with Gasteiger partial charge in [-0.3, -0.25) is 9.59 Å². The standard InChI is InChI=1S/C20H33N3O6.2C2H6/c1-6-15-16(19(28)22(4)7-13(26)9-24)11(2)18(21)12(3)17(15)20(29)23(5)8-14(27)10-25;2*1-2/h13-14,24-27H,6-10,21H2,1-5H3;2*1-2H3. The van der Waals surface area contributed by atoms with Crippen LogP contribution < -0.4 is 5.73 Å². The lowest BCUT2D eigenvalue weighted by Crippen LogP contribution is -2.39. The summed E-state index contributed by atoms with van der Waals surface area (Å²) in [5.41, 5.74) is 8.75. The van der Waals surface area contributed by atoms with E-state index >= 15 is 0 Å². The van der Waals surface area contributed by atoms with Crippen molar-refractivity contribution in [3.05, 3.63) is 27.8 Å². The molecule has 0 spiro atoms. The molecule has 6 N–H and O–H groups in total. The molecule has 2 unspecified atom stereocenters. The molecule has 0 aliphatic carbocycles. The minimum Gasteiger partial charge on any atom is -0.398 e. The first kappa shape index (κ1) is 33.0. The summed E-state index contributed by atoms with van der Waals surface area (Å²) in [7, 11) is 3.00. The Labute approximate surface area is 198 Å². The van der Waals surface area contributed by atoms with Gasteiger partial charge in [0.05, 0.1) is 25.4 Å². The second kappa shape index (κ2) is 16.4. The summed E-state index contributed by atoms with van der Waals surface area (Å²) < 4.78 is 0. The highest BCUT2D eigenvalue weighted by atomic mass is 16.3. The van der Waals surface area contributed by atoms with Crippen LogP contribution in [0, 0.1) is 13.8 Å². The second-order valence-corrected chi connectivity index (χ2v) is 7.29. The number of aliphatic hydroxyl groups is 4. The molecule has 0 radical (unpaired) electrons. The largest absolute Gasteiger partial charge is 0.398 e. The minimum atomic E-state index is -1.08. The Balaban J connectivity index is 0. The molecule has 33 heavy (non-hydrogen) atoms.